The molecule has 0 spiro atoms. The lowest BCUT2D eigenvalue weighted by Crippen LogP contribution is -2.54. The number of hydrogen-bond acceptors (Lipinski definition) is 11. The molecule has 0 saturated carbocycles. The minimum atomic E-state index is -1.12. The molecule has 3 aliphatic rings. The number of aryl methyl sites for hydroxylation is 5. The van der Waals surface area contributed by atoms with E-state index in [0.29, 0.717) is 42.9 Å². The fourth-order valence-electron chi connectivity index (χ4n) is 8.94. The predicted molar refractivity (Wildman–Crippen MR) is 251 cm³/mol. The number of carbonyl (C=O) groups is 6. The lowest BCUT2D eigenvalue weighted by molar-refractivity contribution is -0.136. The van der Waals surface area contributed by atoms with Crippen molar-refractivity contribution < 1.29 is 48.1 Å². The van der Waals surface area contributed by atoms with E-state index in [9.17, 15) is 33.9 Å². The van der Waals surface area contributed by atoms with Crippen LogP contribution in [-0.4, -0.2) is 112 Å². The average Bonchev–Trinajstić information content (AvgIpc) is 3.79. The fraction of sp³-hybridized carbons (Fsp3) is 0.353. The van der Waals surface area contributed by atoms with E-state index in [1.807, 2.05) is 68.3 Å². The minimum absolute atomic E-state index is 0.00184. The summed E-state index contributed by atoms with van der Waals surface area (Å²) in [6.07, 6.45) is 3.03. The van der Waals surface area contributed by atoms with Gasteiger partial charge in [0.2, 0.25) is 17.7 Å². The van der Waals surface area contributed by atoms with E-state index < -0.39 is 42.2 Å². The second-order valence-corrected chi connectivity index (χ2v) is 17.6. The second kappa shape index (κ2) is 20.9. The van der Waals surface area contributed by atoms with E-state index in [2.05, 4.69) is 33.9 Å². The summed E-state index contributed by atoms with van der Waals surface area (Å²) in [5.74, 6) is -2.10. The molecule has 16 nitrogen and oxygen atoms in total. The number of phenols is 1. The summed E-state index contributed by atoms with van der Waals surface area (Å²) in [4.78, 5) is 78.4. The molecule has 8 rings (SSSR count). The molecule has 1 aromatic heterocycles. The number of nitrogens with one attached hydrogen (secondary N) is 2. The summed E-state index contributed by atoms with van der Waals surface area (Å²) in [6.45, 7) is 5.09. The summed E-state index contributed by atoms with van der Waals surface area (Å²) in [5, 5.41) is 21.7. The number of piperidine rings is 2. The summed E-state index contributed by atoms with van der Waals surface area (Å²) in [5.41, 5.74) is 7.18. The Morgan fingerprint density at radius 1 is 0.882 bits per heavy atom. The third-order valence-corrected chi connectivity index (χ3v) is 12.9. The van der Waals surface area contributed by atoms with Crippen LogP contribution in [0.3, 0.4) is 0 Å². The van der Waals surface area contributed by atoms with Crippen molar-refractivity contribution in [2.45, 2.75) is 70.9 Å². The van der Waals surface area contributed by atoms with Crippen LogP contribution in [0.4, 0.5) is 0 Å². The first-order valence-corrected chi connectivity index (χ1v) is 23.1. The number of nitrogens with zero attached hydrogens (tertiary/aromatic N) is 4. The molecule has 1 unspecified atom stereocenters. The van der Waals surface area contributed by atoms with Crippen LogP contribution in [0.15, 0.2) is 78.9 Å². The van der Waals surface area contributed by atoms with Crippen LogP contribution < -0.4 is 20.1 Å². The normalized spacial score (nSPS) is 16.2. The lowest BCUT2D eigenvalue weighted by atomic mass is 9.90. The third kappa shape index (κ3) is 10.6. The van der Waals surface area contributed by atoms with E-state index in [4.69, 9.17) is 25.8 Å². The maximum Gasteiger partial charge on any atom is 0.266 e. The Labute approximate surface area is 398 Å². The molecule has 3 aliphatic heterocycles. The van der Waals surface area contributed by atoms with E-state index >= 15 is 0 Å². The van der Waals surface area contributed by atoms with Crippen LogP contribution in [0.25, 0.3) is 22.4 Å². The van der Waals surface area contributed by atoms with E-state index in [1.54, 1.807) is 4.68 Å². The van der Waals surface area contributed by atoms with Gasteiger partial charge in [0, 0.05) is 62.1 Å². The van der Waals surface area contributed by atoms with E-state index in [1.165, 1.54) is 18.2 Å². The number of phenolic OH excluding ortho intramolecular Hbond substituents is 1. The topological polar surface area (TPSA) is 199 Å². The Kier molecular flexibility index (Phi) is 14.6. The number of aromatic nitrogens is 2. The molecule has 2 saturated heterocycles. The molecule has 3 N–H and O–H groups in total. The van der Waals surface area contributed by atoms with Crippen molar-refractivity contribution in [1.29, 1.82) is 0 Å². The SMILES string of the molecule is Cc1cc(-c2ccc(CCc3ccc(OC4CCN(C(=O)CCOCCNC(=O)COc5cccc6c5C(=O)N(C5CCC(=O)NC5=O)C6=O)CC4)cc3)c(-c3ccc(Cl)c(C)c3)c2O)n(C)n1. The van der Waals surface area contributed by atoms with Crippen molar-refractivity contribution in [3.05, 3.63) is 117 Å². The van der Waals surface area contributed by atoms with Gasteiger partial charge in [-0.3, -0.25) is 43.7 Å². The molecule has 68 heavy (non-hydrogen) atoms. The molecular weight excluding hydrogens is 892 g/mol. The Morgan fingerprint density at radius 2 is 1.66 bits per heavy atom. The number of benzene rings is 4. The van der Waals surface area contributed by atoms with Crippen molar-refractivity contribution in [1.82, 2.24) is 30.2 Å². The van der Waals surface area contributed by atoms with Gasteiger partial charge in [0.1, 0.15) is 29.4 Å². The summed E-state index contributed by atoms with van der Waals surface area (Å²) in [6, 6.07) is 23.2. The Morgan fingerprint density at radius 3 is 2.38 bits per heavy atom. The first kappa shape index (κ1) is 47.5. The second-order valence-electron chi connectivity index (χ2n) is 17.2. The van der Waals surface area contributed by atoms with Crippen molar-refractivity contribution >= 4 is 47.0 Å². The quantitative estimate of drug-likeness (QED) is 0.0743. The summed E-state index contributed by atoms with van der Waals surface area (Å²) in [7, 11) is 1.87. The summed E-state index contributed by atoms with van der Waals surface area (Å²) >= 11 is 6.38. The van der Waals surface area contributed by atoms with Crippen LogP contribution in [0.5, 0.6) is 17.2 Å². The van der Waals surface area contributed by atoms with Gasteiger partial charge in [0.15, 0.2) is 6.61 Å². The van der Waals surface area contributed by atoms with Crippen LogP contribution in [-0.2, 0) is 43.8 Å². The van der Waals surface area contributed by atoms with Crippen LogP contribution in [0, 0.1) is 13.8 Å². The smallest absolute Gasteiger partial charge is 0.266 e. The van der Waals surface area contributed by atoms with Crippen LogP contribution in [0.2, 0.25) is 5.02 Å². The first-order chi connectivity index (χ1) is 32.7. The summed E-state index contributed by atoms with van der Waals surface area (Å²) < 4.78 is 19.3. The van der Waals surface area contributed by atoms with Crippen molar-refractivity contribution in [2.75, 3.05) is 39.5 Å². The number of fused-ring (bicyclic) bond motifs is 1. The zero-order valence-electron chi connectivity index (χ0n) is 38.1. The molecule has 354 valence electrons. The van der Waals surface area contributed by atoms with Crippen LogP contribution >= 0.6 is 11.6 Å². The average molecular weight is 945 g/mol. The van der Waals surface area contributed by atoms with Crippen molar-refractivity contribution in [2.24, 2.45) is 7.05 Å². The minimum Gasteiger partial charge on any atom is -0.507 e. The molecule has 4 aromatic carbocycles. The maximum absolute atomic E-state index is 13.3. The van der Waals surface area contributed by atoms with Gasteiger partial charge < -0.3 is 29.5 Å². The van der Waals surface area contributed by atoms with Gasteiger partial charge in [-0.15, -0.1) is 0 Å². The van der Waals surface area contributed by atoms with Crippen molar-refractivity contribution in [3.63, 3.8) is 0 Å². The molecule has 17 heteroatoms. The number of ether oxygens (including phenoxy) is 3. The lowest BCUT2D eigenvalue weighted by Gasteiger charge is -2.32. The maximum atomic E-state index is 13.3. The zero-order chi connectivity index (χ0) is 48.1. The first-order valence-electron chi connectivity index (χ1n) is 22.7. The van der Waals surface area contributed by atoms with E-state index in [-0.39, 0.29) is 73.7 Å². The highest BCUT2D eigenvalue weighted by atomic mass is 35.5. The number of halogens is 1. The van der Waals surface area contributed by atoms with Crippen LogP contribution in [0.1, 0.15) is 75.2 Å². The highest BCUT2D eigenvalue weighted by Gasteiger charge is 2.46. The Hall–Kier alpha value is -7.04. The molecule has 1 atom stereocenters. The highest BCUT2D eigenvalue weighted by Crippen LogP contribution is 2.42. The largest absolute Gasteiger partial charge is 0.507 e. The standard InChI is InChI=1S/C51H53ClN6O10/c1-30-27-34(12-16-39(30)52)46-33(11-15-37(48(46)62)41-28-31(2)55-56(41)3)10-7-32-8-13-35(14-9-32)68-36-19-23-57(24-20-36)45(61)21-25-66-26-22-53-44(60)29-67-42-6-4-5-38-47(42)51(65)58(50(38)64)40-17-18-43(59)54-49(40)63/h4-6,8-9,11-16,27-28,36,40,62H,7,10,17-26,29H2,1-3H3,(H,53,60)(H,54,59,63). The van der Waals surface area contributed by atoms with Gasteiger partial charge in [-0.25, -0.2) is 0 Å². The number of imide groups is 2. The van der Waals surface area contributed by atoms with Gasteiger partial charge in [0.05, 0.1) is 42.1 Å². The number of hydrogen-bond donors (Lipinski definition) is 3. The number of carbonyl (C=O) groups excluding carboxylic acids is 6. The highest BCUT2D eigenvalue weighted by molar-refractivity contribution is 6.31. The molecule has 0 bridgehead atoms. The van der Waals surface area contributed by atoms with Gasteiger partial charge in [-0.05, 0) is 104 Å². The predicted octanol–water partition coefficient (Wildman–Crippen LogP) is 5.89. The van der Waals surface area contributed by atoms with Gasteiger partial charge in [-0.1, -0.05) is 41.9 Å². The molecule has 0 radical (unpaired) electrons. The number of aromatic hydroxyl groups is 1. The third-order valence-electron chi connectivity index (χ3n) is 12.5. The Bertz CT molecular complexity index is 2760. The molecule has 0 aliphatic carbocycles. The monoisotopic (exact) mass is 944 g/mol. The van der Waals surface area contributed by atoms with Gasteiger partial charge in [-0.2, -0.15) is 5.10 Å². The molecule has 6 amide bonds. The van der Waals surface area contributed by atoms with E-state index in [0.717, 1.165) is 56.3 Å². The van der Waals surface area contributed by atoms with Crippen molar-refractivity contribution in [3.8, 4) is 39.6 Å². The zero-order valence-corrected chi connectivity index (χ0v) is 38.9. The number of amides is 6. The molecule has 4 heterocycles. The number of rotatable bonds is 17. The van der Waals surface area contributed by atoms with Gasteiger partial charge >= 0.3 is 0 Å². The fourth-order valence-corrected chi connectivity index (χ4v) is 9.06. The van der Waals surface area contributed by atoms with Gasteiger partial charge in [0.25, 0.3) is 17.7 Å². The molecule has 5 aromatic rings. The molecular formula is C51H53ClN6O10. The number of likely N-dealkylation sites (tertiary alicyclic amines) is 1. The molecule has 2 fully saturated rings. The Balaban J connectivity index is 0.734.